The first kappa shape index (κ1) is 28.3. The van der Waals surface area contributed by atoms with Gasteiger partial charge < -0.3 is 10.1 Å². The second-order valence-corrected chi connectivity index (χ2v) is 11.2. The first-order valence-electron chi connectivity index (χ1n) is 12.9. The van der Waals surface area contributed by atoms with Gasteiger partial charge in [0.2, 0.25) is 15.9 Å². The number of aromatic hydroxyl groups is 1. The van der Waals surface area contributed by atoms with Gasteiger partial charge in [-0.15, -0.1) is 5.11 Å². The van der Waals surface area contributed by atoms with Crippen molar-refractivity contribution in [3.8, 4) is 11.9 Å². The molecular weight excluding hydrogens is 492 g/mol. The third-order valence-electron chi connectivity index (χ3n) is 6.52. The molecule has 1 aliphatic heterocycles. The van der Waals surface area contributed by atoms with Crippen LogP contribution in [0.5, 0.6) is 5.88 Å². The number of benzene rings is 1. The first-order valence-corrected chi connectivity index (χ1v) is 14.4. The van der Waals surface area contributed by atoms with E-state index in [1.54, 1.807) is 17.1 Å². The van der Waals surface area contributed by atoms with E-state index in [0.717, 1.165) is 49.6 Å². The monoisotopic (exact) mass is 528 g/mol. The molecule has 0 bridgehead atoms. The molecule has 2 aromatic rings. The van der Waals surface area contributed by atoms with Crippen LogP contribution in [0.25, 0.3) is 0 Å². The highest BCUT2D eigenvalue weighted by Gasteiger charge is 2.25. The van der Waals surface area contributed by atoms with E-state index in [0.29, 0.717) is 26.2 Å². The molecular formula is C26H36N6O4S. The Morgan fingerprint density at radius 3 is 2.32 bits per heavy atom. The van der Waals surface area contributed by atoms with Gasteiger partial charge >= 0.3 is 0 Å². The highest BCUT2D eigenvalue weighted by Crippen LogP contribution is 2.33. The first-order chi connectivity index (χ1) is 17.8. The Kier molecular flexibility index (Phi) is 9.83. The third-order valence-corrected chi connectivity index (χ3v) is 8.41. The molecule has 1 fully saturated rings. The van der Waals surface area contributed by atoms with E-state index < -0.39 is 15.6 Å². The van der Waals surface area contributed by atoms with Crippen LogP contribution in [0.3, 0.4) is 0 Å². The van der Waals surface area contributed by atoms with Crippen molar-refractivity contribution >= 4 is 21.4 Å². The lowest BCUT2D eigenvalue weighted by atomic mass is 10.1. The van der Waals surface area contributed by atoms with Crippen LogP contribution in [0.15, 0.2) is 44.2 Å². The molecule has 1 N–H and O–H groups in total. The minimum Gasteiger partial charge on any atom is -0.492 e. The molecule has 2 heterocycles. The van der Waals surface area contributed by atoms with Crippen molar-refractivity contribution in [2.75, 3.05) is 31.2 Å². The Labute approximate surface area is 218 Å². The molecule has 200 valence electrons. The Hall–Kier alpha value is -3.23. The Balaban J connectivity index is 2.00. The molecule has 1 aromatic carbocycles. The SMILES string of the molecule is CCCCN(CCCC)S(=O)(=O)c1cccc(/N=N/c2c(C)c(C#N)c(=O)n(N3CCCCC3)c2O)c1. The van der Waals surface area contributed by atoms with Gasteiger partial charge in [-0.1, -0.05) is 32.8 Å². The van der Waals surface area contributed by atoms with Crippen LogP contribution in [-0.2, 0) is 10.0 Å². The van der Waals surface area contributed by atoms with Crippen molar-refractivity contribution in [2.24, 2.45) is 10.2 Å². The van der Waals surface area contributed by atoms with Crippen LogP contribution < -0.4 is 10.6 Å². The van der Waals surface area contributed by atoms with Crippen molar-refractivity contribution in [2.45, 2.75) is 70.6 Å². The number of unbranched alkanes of at least 4 members (excludes halogenated alkanes) is 2. The van der Waals surface area contributed by atoms with Gasteiger partial charge in [0.25, 0.3) is 5.56 Å². The summed E-state index contributed by atoms with van der Waals surface area (Å²) in [4.78, 5) is 13.0. The molecule has 3 rings (SSSR count). The van der Waals surface area contributed by atoms with Gasteiger partial charge in [-0.2, -0.15) is 19.4 Å². The van der Waals surface area contributed by atoms with Gasteiger partial charge in [-0.05, 0) is 57.2 Å². The molecule has 0 amide bonds. The maximum atomic E-state index is 13.4. The molecule has 0 atom stereocenters. The topological polar surface area (TPSA) is 131 Å². The molecule has 1 aliphatic rings. The summed E-state index contributed by atoms with van der Waals surface area (Å²) in [5.41, 5.74) is -0.208. The lowest BCUT2D eigenvalue weighted by Crippen LogP contribution is -2.46. The molecule has 0 aliphatic carbocycles. The van der Waals surface area contributed by atoms with Crippen molar-refractivity contribution in [3.05, 3.63) is 45.7 Å². The Morgan fingerprint density at radius 1 is 1.08 bits per heavy atom. The fraction of sp³-hybridized carbons (Fsp3) is 0.538. The quantitative estimate of drug-likeness (QED) is 0.414. The molecule has 0 unspecified atom stereocenters. The van der Waals surface area contributed by atoms with Gasteiger partial charge in [0.15, 0.2) is 5.69 Å². The minimum atomic E-state index is -3.72. The highest BCUT2D eigenvalue weighted by atomic mass is 32.2. The average molecular weight is 529 g/mol. The van der Waals surface area contributed by atoms with Crippen LogP contribution in [0, 0.1) is 18.3 Å². The summed E-state index contributed by atoms with van der Waals surface area (Å²) < 4.78 is 29.3. The van der Waals surface area contributed by atoms with E-state index in [-0.39, 0.29) is 33.3 Å². The summed E-state index contributed by atoms with van der Waals surface area (Å²) in [5, 5.41) is 30.7. The van der Waals surface area contributed by atoms with Crippen molar-refractivity contribution in [3.63, 3.8) is 0 Å². The van der Waals surface area contributed by atoms with Crippen LogP contribution >= 0.6 is 0 Å². The Morgan fingerprint density at radius 2 is 1.73 bits per heavy atom. The number of hydrogen-bond donors (Lipinski definition) is 1. The maximum Gasteiger partial charge on any atom is 0.290 e. The smallest absolute Gasteiger partial charge is 0.290 e. The predicted molar refractivity (Wildman–Crippen MR) is 143 cm³/mol. The van der Waals surface area contributed by atoms with Crippen molar-refractivity contribution in [1.82, 2.24) is 8.98 Å². The van der Waals surface area contributed by atoms with E-state index in [1.165, 1.54) is 23.4 Å². The number of piperidine rings is 1. The molecule has 1 saturated heterocycles. The summed E-state index contributed by atoms with van der Waals surface area (Å²) in [6.45, 7) is 7.63. The zero-order valence-corrected chi connectivity index (χ0v) is 22.7. The van der Waals surface area contributed by atoms with Gasteiger partial charge in [0.05, 0.1) is 10.6 Å². The zero-order valence-electron chi connectivity index (χ0n) is 21.9. The standard InChI is InChI=1S/C26H36N6O4S/c1-4-6-16-31(17-7-5-2)37(35,36)22-13-11-12-21(18-22)28-29-24-20(3)23(19-27)25(33)32(26(24)34)30-14-9-8-10-15-30/h11-13,18,34H,4-10,14-17H2,1-3H3/b29-28+. The van der Waals surface area contributed by atoms with Crippen LogP contribution in [-0.4, -0.2) is 48.7 Å². The highest BCUT2D eigenvalue weighted by molar-refractivity contribution is 7.89. The van der Waals surface area contributed by atoms with E-state index in [2.05, 4.69) is 10.2 Å². The van der Waals surface area contributed by atoms with Crippen molar-refractivity contribution < 1.29 is 13.5 Å². The van der Waals surface area contributed by atoms with Gasteiger partial charge in [0.1, 0.15) is 11.6 Å². The maximum absolute atomic E-state index is 13.4. The summed E-state index contributed by atoms with van der Waals surface area (Å²) in [6, 6.07) is 8.12. The van der Waals surface area contributed by atoms with Crippen LogP contribution in [0.1, 0.15) is 69.9 Å². The minimum absolute atomic E-state index is 0.00232. The number of nitriles is 1. The fourth-order valence-corrected chi connectivity index (χ4v) is 5.88. The second-order valence-electron chi connectivity index (χ2n) is 9.22. The van der Waals surface area contributed by atoms with Gasteiger partial charge in [-0.25, -0.2) is 8.42 Å². The average Bonchev–Trinajstić information content (AvgIpc) is 2.89. The van der Waals surface area contributed by atoms with E-state index in [1.807, 2.05) is 19.9 Å². The lowest BCUT2D eigenvalue weighted by Gasteiger charge is -2.31. The summed E-state index contributed by atoms with van der Waals surface area (Å²) in [7, 11) is -3.72. The number of rotatable bonds is 11. The van der Waals surface area contributed by atoms with E-state index in [4.69, 9.17) is 0 Å². The molecule has 10 nitrogen and oxygen atoms in total. The molecule has 0 saturated carbocycles. The fourth-order valence-electron chi connectivity index (χ4n) is 4.32. The number of pyridine rings is 1. The molecule has 11 heteroatoms. The predicted octanol–water partition coefficient (Wildman–Crippen LogP) is 4.86. The summed E-state index contributed by atoms with van der Waals surface area (Å²) in [5.74, 6) is -0.388. The summed E-state index contributed by atoms with van der Waals surface area (Å²) >= 11 is 0. The van der Waals surface area contributed by atoms with Crippen LogP contribution in [0.2, 0.25) is 0 Å². The molecule has 1 aromatic heterocycles. The lowest BCUT2D eigenvalue weighted by molar-refractivity contribution is 0.375. The van der Waals surface area contributed by atoms with E-state index in [9.17, 15) is 23.6 Å². The van der Waals surface area contributed by atoms with E-state index >= 15 is 0 Å². The number of sulfonamides is 1. The number of azo groups is 1. The molecule has 0 spiro atoms. The Bertz CT molecular complexity index is 1320. The van der Waals surface area contributed by atoms with Gasteiger partial charge in [0, 0.05) is 31.7 Å². The normalized spacial score (nSPS) is 14.4. The van der Waals surface area contributed by atoms with Crippen molar-refractivity contribution in [1.29, 1.82) is 5.26 Å². The zero-order chi connectivity index (χ0) is 27.0. The largest absolute Gasteiger partial charge is 0.492 e. The summed E-state index contributed by atoms with van der Waals surface area (Å²) in [6.07, 6.45) is 6.09. The second kappa shape index (κ2) is 12.8. The van der Waals surface area contributed by atoms with Gasteiger partial charge in [-0.3, -0.25) is 4.79 Å². The number of hydrogen-bond acceptors (Lipinski definition) is 8. The third kappa shape index (κ3) is 6.37. The number of aromatic nitrogens is 1. The van der Waals surface area contributed by atoms with Crippen LogP contribution in [0.4, 0.5) is 11.4 Å². The number of nitrogens with zero attached hydrogens (tertiary/aromatic N) is 6. The molecule has 0 radical (unpaired) electrons. The molecule has 37 heavy (non-hydrogen) atoms.